The van der Waals surface area contributed by atoms with E-state index in [1.54, 1.807) is 0 Å². The Morgan fingerprint density at radius 2 is 1.89 bits per heavy atom. The second kappa shape index (κ2) is 6.27. The van der Waals surface area contributed by atoms with E-state index < -0.39 is 0 Å². The van der Waals surface area contributed by atoms with Crippen molar-refractivity contribution in [1.29, 1.82) is 0 Å². The molecule has 0 aromatic heterocycles. The summed E-state index contributed by atoms with van der Waals surface area (Å²) in [5.74, 6) is 0. The summed E-state index contributed by atoms with van der Waals surface area (Å²) >= 11 is 9.48. The Morgan fingerprint density at radius 3 is 2.44 bits per heavy atom. The lowest BCUT2D eigenvalue weighted by atomic mass is 9.90. The highest BCUT2D eigenvalue weighted by Gasteiger charge is 2.29. The Kier molecular flexibility index (Phi) is 4.93. The van der Waals surface area contributed by atoms with Crippen molar-refractivity contribution < 1.29 is 0 Å². The van der Waals surface area contributed by atoms with Gasteiger partial charge in [0.1, 0.15) is 0 Å². The van der Waals surface area contributed by atoms with Crippen LogP contribution in [-0.4, -0.2) is 12.1 Å². The van der Waals surface area contributed by atoms with Gasteiger partial charge in [-0.1, -0.05) is 37.3 Å². The SMILES string of the molecule is NCC1(Nc2ccc(Cl)c(Br)c2)CCCCCC1. The zero-order chi connectivity index (χ0) is 13.0. The molecule has 2 nitrogen and oxygen atoms in total. The summed E-state index contributed by atoms with van der Waals surface area (Å²) in [4.78, 5) is 0. The molecule has 0 heterocycles. The van der Waals surface area contributed by atoms with E-state index in [-0.39, 0.29) is 5.54 Å². The molecular weight excluding hydrogens is 312 g/mol. The van der Waals surface area contributed by atoms with Crippen LogP contribution in [0.5, 0.6) is 0 Å². The fourth-order valence-corrected chi connectivity index (χ4v) is 3.16. The van der Waals surface area contributed by atoms with Gasteiger partial charge in [-0.3, -0.25) is 0 Å². The number of rotatable bonds is 3. The van der Waals surface area contributed by atoms with Crippen LogP contribution in [0.25, 0.3) is 0 Å². The van der Waals surface area contributed by atoms with E-state index in [0.717, 1.165) is 28.0 Å². The van der Waals surface area contributed by atoms with Gasteiger partial charge < -0.3 is 11.1 Å². The number of halogens is 2. The van der Waals surface area contributed by atoms with Gasteiger partial charge in [0, 0.05) is 22.2 Å². The molecule has 0 aliphatic heterocycles. The lowest BCUT2D eigenvalue weighted by molar-refractivity contribution is 0.418. The highest BCUT2D eigenvalue weighted by atomic mass is 79.9. The van der Waals surface area contributed by atoms with Gasteiger partial charge in [-0.25, -0.2) is 0 Å². The first-order valence-corrected chi connectivity index (χ1v) is 7.76. The topological polar surface area (TPSA) is 38.0 Å². The number of anilines is 1. The molecule has 18 heavy (non-hydrogen) atoms. The molecular formula is C14H20BrClN2. The van der Waals surface area contributed by atoms with Gasteiger partial charge >= 0.3 is 0 Å². The Labute approximate surface area is 122 Å². The molecule has 4 heteroatoms. The molecule has 1 aromatic rings. The second-order valence-electron chi connectivity index (χ2n) is 5.15. The molecule has 0 bridgehead atoms. The summed E-state index contributed by atoms with van der Waals surface area (Å²) in [5, 5.41) is 4.38. The molecule has 3 N–H and O–H groups in total. The van der Waals surface area contributed by atoms with Gasteiger partial charge in [0.2, 0.25) is 0 Å². The minimum absolute atomic E-state index is 0.0593. The van der Waals surface area contributed by atoms with Crippen molar-refractivity contribution in [3.63, 3.8) is 0 Å². The van der Waals surface area contributed by atoms with Gasteiger partial charge in [-0.15, -0.1) is 0 Å². The highest BCUT2D eigenvalue weighted by molar-refractivity contribution is 9.10. The van der Waals surface area contributed by atoms with Crippen LogP contribution in [0, 0.1) is 0 Å². The van der Waals surface area contributed by atoms with Gasteiger partial charge in [0.25, 0.3) is 0 Å². The zero-order valence-corrected chi connectivity index (χ0v) is 12.9. The van der Waals surface area contributed by atoms with Crippen LogP contribution in [0.1, 0.15) is 38.5 Å². The molecule has 0 unspecified atom stereocenters. The van der Waals surface area contributed by atoms with E-state index in [9.17, 15) is 0 Å². The van der Waals surface area contributed by atoms with Crippen LogP contribution in [0.15, 0.2) is 22.7 Å². The van der Waals surface area contributed by atoms with Crippen LogP contribution < -0.4 is 11.1 Å². The van der Waals surface area contributed by atoms with Crippen molar-refractivity contribution >= 4 is 33.2 Å². The molecule has 1 aliphatic carbocycles. The third-order valence-electron chi connectivity index (χ3n) is 3.78. The van der Waals surface area contributed by atoms with Crippen molar-refractivity contribution in [3.8, 4) is 0 Å². The lowest BCUT2D eigenvalue weighted by Crippen LogP contribution is -2.45. The molecule has 1 aromatic carbocycles. The number of benzene rings is 1. The molecule has 1 saturated carbocycles. The van der Waals surface area contributed by atoms with Crippen LogP contribution >= 0.6 is 27.5 Å². The summed E-state index contributed by atoms with van der Waals surface area (Å²) < 4.78 is 0.926. The smallest absolute Gasteiger partial charge is 0.0549 e. The minimum Gasteiger partial charge on any atom is -0.378 e. The highest BCUT2D eigenvalue weighted by Crippen LogP contribution is 2.32. The molecule has 100 valence electrons. The normalized spacial score (nSPS) is 19.3. The van der Waals surface area contributed by atoms with E-state index in [4.69, 9.17) is 17.3 Å². The number of hydrogen-bond acceptors (Lipinski definition) is 2. The maximum absolute atomic E-state index is 6.02. The minimum atomic E-state index is 0.0593. The maximum Gasteiger partial charge on any atom is 0.0549 e. The average molecular weight is 332 g/mol. The lowest BCUT2D eigenvalue weighted by Gasteiger charge is -2.34. The second-order valence-corrected chi connectivity index (χ2v) is 6.41. The van der Waals surface area contributed by atoms with Gasteiger partial charge in [0.15, 0.2) is 0 Å². The van der Waals surface area contributed by atoms with E-state index in [1.165, 1.54) is 25.7 Å². The molecule has 0 amide bonds. The molecule has 2 rings (SSSR count). The van der Waals surface area contributed by atoms with Gasteiger partial charge in [-0.05, 0) is 47.0 Å². The van der Waals surface area contributed by atoms with Crippen LogP contribution in [-0.2, 0) is 0 Å². The van der Waals surface area contributed by atoms with Gasteiger partial charge in [-0.2, -0.15) is 0 Å². The summed E-state index contributed by atoms with van der Waals surface area (Å²) in [6.45, 7) is 0.688. The third kappa shape index (κ3) is 3.40. The molecule has 0 radical (unpaired) electrons. The number of nitrogens with two attached hydrogens (primary N) is 1. The van der Waals surface area contributed by atoms with Crippen molar-refractivity contribution in [3.05, 3.63) is 27.7 Å². The first-order chi connectivity index (χ1) is 8.65. The number of nitrogens with one attached hydrogen (secondary N) is 1. The summed E-state index contributed by atoms with van der Waals surface area (Å²) in [5.41, 5.74) is 7.18. The largest absolute Gasteiger partial charge is 0.378 e. The molecule has 1 aliphatic rings. The number of hydrogen-bond donors (Lipinski definition) is 2. The van der Waals surface area contributed by atoms with Crippen molar-refractivity contribution in [2.75, 3.05) is 11.9 Å². The summed E-state index contributed by atoms with van der Waals surface area (Å²) in [6, 6.07) is 5.97. The predicted molar refractivity (Wildman–Crippen MR) is 82.3 cm³/mol. The first-order valence-electron chi connectivity index (χ1n) is 6.58. The van der Waals surface area contributed by atoms with Crippen molar-refractivity contribution in [2.24, 2.45) is 5.73 Å². The van der Waals surface area contributed by atoms with E-state index in [0.29, 0.717) is 6.54 Å². The van der Waals surface area contributed by atoms with E-state index in [1.807, 2.05) is 18.2 Å². The Bertz CT molecular complexity index is 401. The zero-order valence-electron chi connectivity index (χ0n) is 10.5. The van der Waals surface area contributed by atoms with Crippen LogP contribution in [0.2, 0.25) is 5.02 Å². The van der Waals surface area contributed by atoms with E-state index >= 15 is 0 Å². The molecule has 0 saturated heterocycles. The Morgan fingerprint density at radius 1 is 1.22 bits per heavy atom. The molecule has 1 fully saturated rings. The van der Waals surface area contributed by atoms with E-state index in [2.05, 4.69) is 21.2 Å². The summed E-state index contributed by atoms with van der Waals surface area (Å²) in [6.07, 6.45) is 7.49. The maximum atomic E-state index is 6.02. The third-order valence-corrected chi connectivity index (χ3v) is 4.99. The molecule has 0 atom stereocenters. The predicted octanol–water partition coefficient (Wildman–Crippen LogP) is 4.57. The monoisotopic (exact) mass is 330 g/mol. The fraction of sp³-hybridized carbons (Fsp3) is 0.571. The quantitative estimate of drug-likeness (QED) is 0.796. The Hall–Kier alpha value is -0.250. The Balaban J connectivity index is 2.15. The first kappa shape index (κ1) is 14.2. The van der Waals surface area contributed by atoms with Crippen molar-refractivity contribution in [1.82, 2.24) is 0 Å². The fourth-order valence-electron chi connectivity index (χ4n) is 2.67. The molecule has 0 spiro atoms. The van der Waals surface area contributed by atoms with Crippen LogP contribution in [0.4, 0.5) is 5.69 Å². The standard InChI is InChI=1S/C14H20BrClN2/c15-12-9-11(5-6-13(12)16)18-14(10-17)7-3-1-2-4-8-14/h5-6,9,18H,1-4,7-8,10,17H2. The average Bonchev–Trinajstić information content (AvgIpc) is 2.60. The van der Waals surface area contributed by atoms with Gasteiger partial charge in [0.05, 0.1) is 5.02 Å². The van der Waals surface area contributed by atoms with Crippen LogP contribution in [0.3, 0.4) is 0 Å². The summed E-state index contributed by atoms with van der Waals surface area (Å²) in [7, 11) is 0. The van der Waals surface area contributed by atoms with Crippen molar-refractivity contribution in [2.45, 2.75) is 44.1 Å².